The highest BCUT2D eigenvalue weighted by atomic mass is 19.4. The van der Waals surface area contributed by atoms with Crippen LogP contribution in [-0.2, 0) is 0 Å². The van der Waals surface area contributed by atoms with E-state index in [1.54, 1.807) is 0 Å². The first-order valence-corrected chi connectivity index (χ1v) is 2.96. The number of alkyl halides is 3. The molecule has 1 aromatic heterocycles. The average Bonchev–Trinajstić information content (AvgIpc) is 2.03. The van der Waals surface area contributed by atoms with Gasteiger partial charge in [-0.15, -0.1) is 5.10 Å². The van der Waals surface area contributed by atoms with Crippen LogP contribution in [0.2, 0.25) is 0 Å². The molecule has 1 aromatic rings. The average molecular weight is 177 g/mol. The molecule has 0 aliphatic carbocycles. The molecule has 1 rings (SSSR count). The third kappa shape index (κ3) is 1.91. The van der Waals surface area contributed by atoms with Gasteiger partial charge in [-0.3, -0.25) is 0 Å². The van der Waals surface area contributed by atoms with Crippen molar-refractivity contribution in [3.63, 3.8) is 0 Å². The molecule has 3 nitrogen and oxygen atoms in total. The van der Waals surface area contributed by atoms with Crippen molar-refractivity contribution in [2.24, 2.45) is 0 Å². The molecule has 1 unspecified atom stereocenters. The molecule has 0 aliphatic rings. The molecule has 1 radical (unpaired) electrons. The van der Waals surface area contributed by atoms with E-state index in [4.69, 9.17) is 5.11 Å². The summed E-state index contributed by atoms with van der Waals surface area (Å²) in [5.41, 5.74) is -0.527. The predicted octanol–water partition coefficient (Wildman–Crippen LogP) is 0.872. The molecule has 1 atom stereocenters. The third-order valence-corrected chi connectivity index (χ3v) is 1.14. The summed E-state index contributed by atoms with van der Waals surface area (Å²) >= 11 is 0. The molecular weight excluding hydrogens is 173 g/mol. The SMILES string of the molecule is OC(c1cc[c]nn1)C(F)(F)F. The molecule has 12 heavy (non-hydrogen) atoms. The number of hydrogen-bond donors (Lipinski definition) is 1. The van der Waals surface area contributed by atoms with Crippen LogP contribution in [0.3, 0.4) is 0 Å². The summed E-state index contributed by atoms with van der Waals surface area (Å²) in [6.45, 7) is 0. The lowest BCUT2D eigenvalue weighted by Gasteiger charge is -2.12. The van der Waals surface area contributed by atoms with Gasteiger partial charge in [0.1, 0.15) is 11.9 Å². The Hall–Kier alpha value is -1.17. The van der Waals surface area contributed by atoms with Gasteiger partial charge in [-0.1, -0.05) is 0 Å². The van der Waals surface area contributed by atoms with Crippen molar-refractivity contribution in [2.45, 2.75) is 12.3 Å². The largest absolute Gasteiger partial charge is 0.420 e. The molecular formula is C6H4F3N2O. The number of aliphatic hydroxyl groups excluding tert-OH is 1. The maximum atomic E-state index is 11.8. The van der Waals surface area contributed by atoms with Crippen LogP contribution in [0.4, 0.5) is 13.2 Å². The molecule has 0 amide bonds. The Balaban J connectivity index is 2.86. The normalized spacial score (nSPS) is 14.3. The monoisotopic (exact) mass is 177 g/mol. The van der Waals surface area contributed by atoms with Crippen LogP contribution in [0.1, 0.15) is 11.8 Å². The molecule has 0 bridgehead atoms. The smallest absolute Gasteiger partial charge is 0.378 e. The summed E-state index contributed by atoms with van der Waals surface area (Å²) in [6, 6.07) is 2.16. The second-order valence-corrected chi connectivity index (χ2v) is 2.03. The molecule has 6 heteroatoms. The molecule has 0 saturated carbocycles. The van der Waals surface area contributed by atoms with Crippen molar-refractivity contribution in [1.82, 2.24) is 10.2 Å². The Labute approximate surface area is 65.9 Å². The van der Waals surface area contributed by atoms with Crippen LogP contribution in [0.25, 0.3) is 0 Å². The Morgan fingerprint density at radius 2 is 2.17 bits per heavy atom. The molecule has 1 heterocycles. The first-order valence-electron chi connectivity index (χ1n) is 2.96. The Morgan fingerprint density at radius 3 is 2.58 bits per heavy atom. The zero-order valence-electron chi connectivity index (χ0n) is 5.71. The van der Waals surface area contributed by atoms with Crippen LogP contribution in [0, 0.1) is 6.20 Å². The van der Waals surface area contributed by atoms with E-state index in [0.29, 0.717) is 0 Å². The van der Waals surface area contributed by atoms with Crippen LogP contribution in [0.15, 0.2) is 12.1 Å². The van der Waals surface area contributed by atoms with Crippen molar-refractivity contribution in [1.29, 1.82) is 0 Å². The first kappa shape index (κ1) is 8.92. The van der Waals surface area contributed by atoms with E-state index >= 15 is 0 Å². The molecule has 0 saturated heterocycles. The molecule has 0 aliphatic heterocycles. The second kappa shape index (κ2) is 3.06. The predicted molar refractivity (Wildman–Crippen MR) is 31.9 cm³/mol. The summed E-state index contributed by atoms with van der Waals surface area (Å²) < 4.78 is 35.4. The highest BCUT2D eigenvalue weighted by Crippen LogP contribution is 2.30. The maximum Gasteiger partial charge on any atom is 0.420 e. The summed E-state index contributed by atoms with van der Waals surface area (Å²) in [5.74, 6) is 0. The Morgan fingerprint density at radius 1 is 1.50 bits per heavy atom. The van der Waals surface area contributed by atoms with E-state index in [1.807, 2.05) is 0 Å². The minimum absolute atomic E-state index is 0.527. The van der Waals surface area contributed by atoms with Gasteiger partial charge in [0.05, 0.1) is 0 Å². The summed E-state index contributed by atoms with van der Waals surface area (Å²) in [5, 5.41) is 14.8. The van der Waals surface area contributed by atoms with E-state index in [9.17, 15) is 13.2 Å². The zero-order chi connectivity index (χ0) is 9.19. The zero-order valence-corrected chi connectivity index (χ0v) is 5.71. The van der Waals surface area contributed by atoms with Crippen LogP contribution in [0.5, 0.6) is 0 Å². The minimum Gasteiger partial charge on any atom is -0.378 e. The highest BCUT2D eigenvalue weighted by Gasteiger charge is 2.40. The van der Waals surface area contributed by atoms with E-state index in [0.717, 1.165) is 12.1 Å². The summed E-state index contributed by atoms with van der Waals surface area (Å²) in [7, 11) is 0. The lowest BCUT2D eigenvalue weighted by Crippen LogP contribution is -2.21. The molecule has 0 spiro atoms. The minimum atomic E-state index is -4.70. The number of aromatic nitrogens is 2. The number of aliphatic hydroxyl groups is 1. The molecule has 0 fully saturated rings. The summed E-state index contributed by atoms with van der Waals surface area (Å²) in [6.07, 6.45) is -5.07. The van der Waals surface area contributed by atoms with Crippen molar-refractivity contribution in [2.75, 3.05) is 0 Å². The van der Waals surface area contributed by atoms with Gasteiger partial charge in [-0.2, -0.15) is 18.3 Å². The Bertz CT molecular complexity index is 249. The fourth-order valence-corrected chi connectivity index (χ4v) is 0.589. The van der Waals surface area contributed by atoms with Gasteiger partial charge in [0.2, 0.25) is 0 Å². The van der Waals surface area contributed by atoms with E-state index in [-0.39, 0.29) is 0 Å². The van der Waals surface area contributed by atoms with E-state index in [2.05, 4.69) is 16.4 Å². The van der Waals surface area contributed by atoms with Crippen LogP contribution in [-0.4, -0.2) is 21.5 Å². The molecule has 65 valence electrons. The fourth-order valence-electron chi connectivity index (χ4n) is 0.589. The quantitative estimate of drug-likeness (QED) is 0.692. The number of nitrogens with zero attached hydrogens (tertiary/aromatic N) is 2. The first-order chi connectivity index (χ1) is 5.52. The fraction of sp³-hybridized carbons (Fsp3) is 0.333. The van der Waals surface area contributed by atoms with Gasteiger partial charge in [-0.05, 0) is 12.1 Å². The standard InChI is InChI=1S/C6H4F3N2O/c7-6(8,9)5(12)4-2-1-3-10-11-4/h1-2,5,12H. The molecule has 0 aromatic carbocycles. The van der Waals surface area contributed by atoms with Crippen LogP contribution >= 0.6 is 0 Å². The maximum absolute atomic E-state index is 11.8. The highest BCUT2D eigenvalue weighted by molar-refractivity contribution is 5.04. The van der Waals surface area contributed by atoms with Crippen molar-refractivity contribution in [3.05, 3.63) is 24.0 Å². The van der Waals surface area contributed by atoms with Gasteiger partial charge < -0.3 is 5.11 Å². The second-order valence-electron chi connectivity index (χ2n) is 2.03. The molecule has 1 N–H and O–H groups in total. The van der Waals surface area contributed by atoms with Crippen LogP contribution < -0.4 is 0 Å². The van der Waals surface area contributed by atoms with E-state index in [1.165, 1.54) is 0 Å². The lowest BCUT2D eigenvalue weighted by molar-refractivity contribution is -0.208. The van der Waals surface area contributed by atoms with Gasteiger partial charge in [0.25, 0.3) is 0 Å². The van der Waals surface area contributed by atoms with Crippen molar-refractivity contribution in [3.8, 4) is 0 Å². The number of halogens is 3. The number of rotatable bonds is 1. The lowest BCUT2D eigenvalue weighted by atomic mass is 10.2. The summed E-state index contributed by atoms with van der Waals surface area (Å²) in [4.78, 5) is 0. The van der Waals surface area contributed by atoms with Crippen molar-refractivity contribution < 1.29 is 18.3 Å². The third-order valence-electron chi connectivity index (χ3n) is 1.14. The van der Waals surface area contributed by atoms with Gasteiger partial charge in [-0.25, -0.2) is 0 Å². The Kier molecular flexibility index (Phi) is 2.27. The topological polar surface area (TPSA) is 46.0 Å². The van der Waals surface area contributed by atoms with Gasteiger partial charge in [0, 0.05) is 0 Å². The van der Waals surface area contributed by atoms with Crippen molar-refractivity contribution >= 4 is 0 Å². The van der Waals surface area contributed by atoms with E-state index < -0.39 is 18.0 Å². The van der Waals surface area contributed by atoms with Gasteiger partial charge in [0.15, 0.2) is 6.10 Å². The number of hydrogen-bond acceptors (Lipinski definition) is 3. The van der Waals surface area contributed by atoms with Gasteiger partial charge >= 0.3 is 6.18 Å².